The zero-order valence-electron chi connectivity index (χ0n) is 10.7. The first-order valence-electron chi connectivity index (χ1n) is 5.61. The predicted molar refractivity (Wildman–Crippen MR) is 65.9 cm³/mol. The minimum Gasteiger partial charge on any atom is -0.237 e. The number of imidazole rings is 1. The zero-order chi connectivity index (χ0) is 11.9. The third kappa shape index (κ3) is 1.75. The molecule has 0 amide bonds. The highest BCUT2D eigenvalue weighted by molar-refractivity contribution is 5.40. The lowest BCUT2D eigenvalue weighted by atomic mass is 10.0. The van der Waals surface area contributed by atoms with Gasteiger partial charge >= 0.3 is 0 Å². The number of aryl methyl sites for hydroxylation is 4. The monoisotopic (exact) mass is 215 g/mol. The van der Waals surface area contributed by atoms with Crippen LogP contribution in [0.25, 0.3) is 5.69 Å². The summed E-state index contributed by atoms with van der Waals surface area (Å²) in [6, 6.07) is 4.48. The van der Waals surface area contributed by atoms with E-state index < -0.39 is 0 Å². The molecule has 0 saturated heterocycles. The van der Waals surface area contributed by atoms with E-state index in [-0.39, 0.29) is 0 Å². The van der Waals surface area contributed by atoms with E-state index in [2.05, 4.69) is 68.5 Å². The number of hydrogen-bond donors (Lipinski definition) is 0. The molecule has 2 aromatic rings. The number of benzene rings is 1. The van der Waals surface area contributed by atoms with Crippen LogP contribution in [-0.4, -0.2) is 4.57 Å². The molecule has 16 heavy (non-hydrogen) atoms. The molecule has 0 atom stereocenters. The molecule has 0 spiro atoms. The van der Waals surface area contributed by atoms with Crippen molar-refractivity contribution in [3.63, 3.8) is 0 Å². The molecule has 0 aliphatic carbocycles. The van der Waals surface area contributed by atoms with Gasteiger partial charge in [0.25, 0.3) is 0 Å². The molecule has 0 fully saturated rings. The average Bonchev–Trinajstić information content (AvgIpc) is 2.55. The summed E-state index contributed by atoms with van der Waals surface area (Å²) >= 11 is 0. The van der Waals surface area contributed by atoms with Crippen molar-refractivity contribution >= 4 is 0 Å². The molecular weight excluding hydrogens is 196 g/mol. The number of rotatable bonds is 1. The van der Waals surface area contributed by atoms with E-state index >= 15 is 0 Å². The first-order chi connectivity index (χ1) is 7.49. The van der Waals surface area contributed by atoms with Gasteiger partial charge in [-0.2, -0.15) is 0 Å². The molecule has 0 unspecified atom stereocenters. The molecule has 0 radical (unpaired) electrons. The smallest absolute Gasteiger partial charge is 0.237 e. The highest BCUT2D eigenvalue weighted by Gasteiger charge is 2.10. The Labute approximate surface area is 97.2 Å². The Morgan fingerprint density at radius 3 is 2.00 bits per heavy atom. The van der Waals surface area contributed by atoms with Gasteiger partial charge in [0, 0.05) is 6.92 Å². The number of aromatic nitrogens is 2. The molecule has 0 aliphatic heterocycles. The van der Waals surface area contributed by atoms with Crippen molar-refractivity contribution < 1.29 is 4.57 Å². The zero-order valence-corrected chi connectivity index (χ0v) is 10.7. The molecule has 1 aromatic carbocycles. The number of nitrogens with zero attached hydrogens (tertiary/aromatic N) is 2. The first kappa shape index (κ1) is 10.9. The van der Waals surface area contributed by atoms with Crippen LogP contribution in [0.15, 0.2) is 24.7 Å². The van der Waals surface area contributed by atoms with Crippen molar-refractivity contribution in [2.24, 2.45) is 7.05 Å². The van der Waals surface area contributed by atoms with Gasteiger partial charge in [-0.25, -0.2) is 9.13 Å². The normalized spacial score (nSPS) is 10.8. The van der Waals surface area contributed by atoms with Crippen LogP contribution < -0.4 is 4.57 Å². The minimum atomic E-state index is 1.24. The fourth-order valence-corrected chi connectivity index (χ4v) is 1.91. The Kier molecular flexibility index (Phi) is 2.58. The molecule has 84 valence electrons. The van der Waals surface area contributed by atoms with Crippen molar-refractivity contribution in [2.75, 3.05) is 0 Å². The third-order valence-electron chi connectivity index (χ3n) is 3.39. The summed E-state index contributed by atoms with van der Waals surface area (Å²) < 4.78 is 4.30. The maximum atomic E-state index is 2.24. The van der Waals surface area contributed by atoms with Crippen molar-refractivity contribution in [1.82, 2.24) is 4.57 Å². The van der Waals surface area contributed by atoms with Crippen LogP contribution in [0.2, 0.25) is 0 Å². The Balaban J connectivity index is 2.56. The Morgan fingerprint density at radius 1 is 1.00 bits per heavy atom. The van der Waals surface area contributed by atoms with E-state index in [1.807, 2.05) is 0 Å². The second-order valence-electron chi connectivity index (χ2n) is 4.61. The predicted octanol–water partition coefficient (Wildman–Crippen LogP) is 2.54. The topological polar surface area (TPSA) is 8.81 Å². The van der Waals surface area contributed by atoms with Crippen LogP contribution in [0.4, 0.5) is 0 Å². The SMILES string of the molecule is Cc1cc(-[n+]2cc(C)n(C)c2)cc(C)c1C. The maximum Gasteiger partial charge on any atom is 0.248 e. The quantitative estimate of drug-likeness (QED) is 0.646. The van der Waals surface area contributed by atoms with E-state index in [1.165, 1.54) is 28.1 Å². The van der Waals surface area contributed by atoms with Gasteiger partial charge in [0.05, 0.1) is 7.05 Å². The average molecular weight is 215 g/mol. The first-order valence-corrected chi connectivity index (χ1v) is 5.61. The van der Waals surface area contributed by atoms with Gasteiger partial charge in [0.15, 0.2) is 0 Å². The van der Waals surface area contributed by atoms with Crippen LogP contribution >= 0.6 is 0 Å². The van der Waals surface area contributed by atoms with Crippen molar-refractivity contribution in [2.45, 2.75) is 27.7 Å². The van der Waals surface area contributed by atoms with Gasteiger partial charge in [0.2, 0.25) is 6.33 Å². The van der Waals surface area contributed by atoms with E-state index in [0.29, 0.717) is 0 Å². The molecule has 0 bridgehead atoms. The lowest BCUT2D eigenvalue weighted by Crippen LogP contribution is -2.27. The van der Waals surface area contributed by atoms with Gasteiger partial charge in [-0.15, -0.1) is 0 Å². The van der Waals surface area contributed by atoms with E-state index in [9.17, 15) is 0 Å². The van der Waals surface area contributed by atoms with Crippen LogP contribution in [0.3, 0.4) is 0 Å². The van der Waals surface area contributed by atoms with Crippen LogP contribution in [-0.2, 0) is 7.05 Å². The molecule has 1 aromatic heterocycles. The maximum absolute atomic E-state index is 2.24. The van der Waals surface area contributed by atoms with Gasteiger partial charge in [-0.05, 0) is 49.6 Å². The second-order valence-corrected chi connectivity index (χ2v) is 4.61. The lowest BCUT2D eigenvalue weighted by Gasteiger charge is -2.05. The molecule has 2 heteroatoms. The molecule has 0 N–H and O–H groups in total. The Hall–Kier alpha value is -1.57. The van der Waals surface area contributed by atoms with Gasteiger partial charge in [0.1, 0.15) is 17.6 Å². The largest absolute Gasteiger partial charge is 0.248 e. The summed E-state index contributed by atoms with van der Waals surface area (Å²) in [5, 5.41) is 0. The summed E-state index contributed by atoms with van der Waals surface area (Å²) in [7, 11) is 2.07. The highest BCUT2D eigenvalue weighted by Crippen LogP contribution is 2.15. The van der Waals surface area contributed by atoms with Crippen LogP contribution in [0.5, 0.6) is 0 Å². The van der Waals surface area contributed by atoms with Crippen molar-refractivity contribution in [3.8, 4) is 5.69 Å². The fraction of sp³-hybridized carbons (Fsp3) is 0.357. The summed E-state index contributed by atoms with van der Waals surface area (Å²) in [4.78, 5) is 0. The van der Waals surface area contributed by atoms with Crippen LogP contribution in [0.1, 0.15) is 22.4 Å². The lowest BCUT2D eigenvalue weighted by molar-refractivity contribution is -0.595. The molecule has 0 aliphatic rings. The number of hydrogen-bond acceptors (Lipinski definition) is 0. The van der Waals surface area contributed by atoms with Crippen molar-refractivity contribution in [1.29, 1.82) is 0 Å². The van der Waals surface area contributed by atoms with Gasteiger partial charge < -0.3 is 0 Å². The summed E-state index contributed by atoms with van der Waals surface area (Å²) in [6.45, 7) is 8.63. The molecule has 2 rings (SSSR count). The summed E-state index contributed by atoms with van der Waals surface area (Å²) in [6.07, 6.45) is 4.27. The van der Waals surface area contributed by atoms with Gasteiger partial charge in [-0.3, -0.25) is 0 Å². The summed E-state index contributed by atoms with van der Waals surface area (Å²) in [5.74, 6) is 0. The second kappa shape index (κ2) is 3.78. The van der Waals surface area contributed by atoms with E-state index in [1.54, 1.807) is 0 Å². The Bertz CT molecular complexity index is 493. The Morgan fingerprint density at radius 2 is 1.56 bits per heavy atom. The summed E-state index contributed by atoms with van der Waals surface area (Å²) in [5.41, 5.74) is 6.59. The minimum absolute atomic E-state index is 1.24. The van der Waals surface area contributed by atoms with Gasteiger partial charge in [-0.1, -0.05) is 0 Å². The molecular formula is C14H19N2+. The van der Waals surface area contributed by atoms with Crippen molar-refractivity contribution in [3.05, 3.63) is 47.0 Å². The van der Waals surface area contributed by atoms with Crippen LogP contribution in [0, 0.1) is 27.7 Å². The van der Waals surface area contributed by atoms with E-state index in [4.69, 9.17) is 0 Å². The fourth-order valence-electron chi connectivity index (χ4n) is 1.91. The molecule has 2 nitrogen and oxygen atoms in total. The molecule has 1 heterocycles. The third-order valence-corrected chi connectivity index (χ3v) is 3.39. The standard InChI is InChI=1S/C14H19N2/c1-10-6-14(7-11(2)13(10)4)16-8-12(3)15(5)9-16/h6-9H,1-5H3/q+1. The molecule has 0 saturated carbocycles. The highest BCUT2D eigenvalue weighted by atomic mass is 15.1. The van der Waals surface area contributed by atoms with E-state index in [0.717, 1.165) is 0 Å².